The Hall–Kier alpha value is -2.51. The molecular weight excluding hydrogens is 395 g/mol. The second kappa shape index (κ2) is 7.85. The SMILES string of the molecule is COc1ccc(Cl)cc1-c1c(CCCO)c(=O)[nH]c2ccc(C(F)(F)F)cc12. The van der Waals surface area contributed by atoms with Crippen molar-refractivity contribution in [3.05, 3.63) is 62.9 Å². The second-order valence-electron chi connectivity index (χ2n) is 6.24. The fourth-order valence-electron chi connectivity index (χ4n) is 3.19. The Labute approximate surface area is 163 Å². The van der Waals surface area contributed by atoms with Crippen LogP contribution in [0.4, 0.5) is 13.2 Å². The van der Waals surface area contributed by atoms with E-state index in [-0.39, 0.29) is 35.9 Å². The predicted molar refractivity (Wildman–Crippen MR) is 102 cm³/mol. The third-order valence-corrected chi connectivity index (χ3v) is 4.69. The number of benzene rings is 2. The lowest BCUT2D eigenvalue weighted by molar-refractivity contribution is -0.137. The zero-order valence-electron chi connectivity index (χ0n) is 14.9. The third kappa shape index (κ3) is 3.86. The molecule has 0 aliphatic carbocycles. The van der Waals surface area contributed by atoms with Crippen molar-refractivity contribution < 1.29 is 23.0 Å². The number of aromatic amines is 1. The molecule has 0 atom stereocenters. The van der Waals surface area contributed by atoms with E-state index in [1.165, 1.54) is 13.2 Å². The molecule has 148 valence electrons. The summed E-state index contributed by atoms with van der Waals surface area (Å²) in [4.78, 5) is 15.3. The summed E-state index contributed by atoms with van der Waals surface area (Å²) >= 11 is 6.11. The Morgan fingerprint density at radius 2 is 1.93 bits per heavy atom. The summed E-state index contributed by atoms with van der Waals surface area (Å²) in [5.74, 6) is 0.374. The number of nitrogens with one attached hydrogen (secondary N) is 1. The van der Waals surface area contributed by atoms with Crippen LogP contribution in [-0.2, 0) is 12.6 Å². The number of pyridine rings is 1. The first-order valence-corrected chi connectivity index (χ1v) is 8.85. The van der Waals surface area contributed by atoms with Crippen LogP contribution in [0.2, 0.25) is 5.02 Å². The Morgan fingerprint density at radius 1 is 1.18 bits per heavy atom. The van der Waals surface area contributed by atoms with Crippen molar-refractivity contribution in [1.29, 1.82) is 0 Å². The van der Waals surface area contributed by atoms with Gasteiger partial charge in [0.2, 0.25) is 0 Å². The highest BCUT2D eigenvalue weighted by Crippen LogP contribution is 2.40. The topological polar surface area (TPSA) is 62.3 Å². The molecule has 0 aliphatic heterocycles. The molecule has 1 heterocycles. The minimum Gasteiger partial charge on any atom is -0.496 e. The minimum absolute atomic E-state index is 0.161. The lowest BCUT2D eigenvalue weighted by Gasteiger charge is -2.17. The number of halogens is 4. The summed E-state index contributed by atoms with van der Waals surface area (Å²) in [5.41, 5.74) is 0.000344. The maximum absolute atomic E-state index is 13.3. The van der Waals surface area contributed by atoms with Crippen molar-refractivity contribution in [2.24, 2.45) is 0 Å². The number of aliphatic hydroxyl groups excluding tert-OH is 1. The summed E-state index contributed by atoms with van der Waals surface area (Å²) in [6, 6.07) is 7.89. The number of methoxy groups -OCH3 is 1. The molecule has 0 bridgehead atoms. The monoisotopic (exact) mass is 411 g/mol. The van der Waals surface area contributed by atoms with E-state index in [1.807, 2.05) is 0 Å². The van der Waals surface area contributed by atoms with Crippen LogP contribution in [0.15, 0.2) is 41.2 Å². The molecular formula is C20H17ClF3NO3. The van der Waals surface area contributed by atoms with Gasteiger partial charge in [-0.1, -0.05) is 11.6 Å². The number of aromatic nitrogens is 1. The zero-order chi connectivity index (χ0) is 20.5. The summed E-state index contributed by atoms with van der Waals surface area (Å²) in [6.45, 7) is -0.161. The van der Waals surface area contributed by atoms with Crippen molar-refractivity contribution in [1.82, 2.24) is 4.98 Å². The quantitative estimate of drug-likeness (QED) is 0.634. The molecule has 0 radical (unpaired) electrons. The van der Waals surface area contributed by atoms with E-state index in [9.17, 15) is 23.1 Å². The van der Waals surface area contributed by atoms with Gasteiger partial charge in [-0.3, -0.25) is 4.79 Å². The van der Waals surface area contributed by atoms with Crippen LogP contribution in [0.3, 0.4) is 0 Å². The van der Waals surface area contributed by atoms with Gasteiger partial charge in [-0.25, -0.2) is 0 Å². The Kier molecular flexibility index (Phi) is 5.67. The number of aliphatic hydroxyl groups is 1. The largest absolute Gasteiger partial charge is 0.496 e. The van der Waals surface area contributed by atoms with Gasteiger partial charge in [0.1, 0.15) is 5.75 Å². The van der Waals surface area contributed by atoms with Crippen LogP contribution in [-0.4, -0.2) is 23.8 Å². The van der Waals surface area contributed by atoms with Gasteiger partial charge < -0.3 is 14.8 Å². The van der Waals surface area contributed by atoms with Crippen molar-refractivity contribution >= 4 is 22.5 Å². The molecule has 0 fully saturated rings. The molecule has 0 saturated heterocycles. The standard InChI is InChI=1S/C20H17ClF3NO3/c1-28-17-7-5-12(21)10-15(17)18-13(3-2-8-26)19(27)25-16-6-4-11(9-14(16)18)20(22,23)24/h4-7,9-10,26H,2-3,8H2,1H3,(H,25,27). The van der Waals surface area contributed by atoms with Crippen LogP contribution in [0.5, 0.6) is 5.75 Å². The molecule has 3 aromatic rings. The molecule has 2 aromatic carbocycles. The molecule has 0 saturated carbocycles. The number of alkyl halides is 3. The Morgan fingerprint density at radius 3 is 2.57 bits per heavy atom. The van der Waals surface area contributed by atoms with Gasteiger partial charge in [-0.15, -0.1) is 0 Å². The lowest BCUT2D eigenvalue weighted by Crippen LogP contribution is -2.16. The van der Waals surface area contributed by atoms with Crippen LogP contribution >= 0.6 is 11.6 Å². The fourth-order valence-corrected chi connectivity index (χ4v) is 3.36. The van der Waals surface area contributed by atoms with Gasteiger partial charge in [0, 0.05) is 39.2 Å². The molecule has 2 N–H and O–H groups in total. The Balaban J connectivity index is 2.45. The molecule has 0 spiro atoms. The van der Waals surface area contributed by atoms with Gasteiger partial charge in [-0.05, 0) is 49.2 Å². The van der Waals surface area contributed by atoms with E-state index in [4.69, 9.17) is 16.3 Å². The summed E-state index contributed by atoms with van der Waals surface area (Å²) < 4.78 is 45.2. The van der Waals surface area contributed by atoms with E-state index >= 15 is 0 Å². The van der Waals surface area contributed by atoms with Crippen molar-refractivity contribution in [3.63, 3.8) is 0 Å². The van der Waals surface area contributed by atoms with E-state index < -0.39 is 17.3 Å². The number of hydrogen-bond donors (Lipinski definition) is 2. The van der Waals surface area contributed by atoms with E-state index in [2.05, 4.69) is 4.98 Å². The molecule has 0 aliphatic rings. The maximum atomic E-state index is 13.3. The van der Waals surface area contributed by atoms with Crippen molar-refractivity contribution in [2.45, 2.75) is 19.0 Å². The fraction of sp³-hybridized carbons (Fsp3) is 0.250. The molecule has 28 heavy (non-hydrogen) atoms. The first-order valence-electron chi connectivity index (χ1n) is 8.47. The summed E-state index contributed by atoms with van der Waals surface area (Å²) in [5, 5.41) is 9.76. The number of hydrogen-bond acceptors (Lipinski definition) is 3. The van der Waals surface area contributed by atoms with Gasteiger partial charge >= 0.3 is 6.18 Å². The highest BCUT2D eigenvalue weighted by Gasteiger charge is 2.31. The van der Waals surface area contributed by atoms with Crippen molar-refractivity contribution in [3.8, 4) is 16.9 Å². The second-order valence-corrected chi connectivity index (χ2v) is 6.67. The predicted octanol–water partition coefficient (Wildman–Crippen LogP) is 4.80. The first-order chi connectivity index (χ1) is 13.3. The molecule has 0 amide bonds. The minimum atomic E-state index is -4.54. The highest BCUT2D eigenvalue weighted by molar-refractivity contribution is 6.31. The Bertz CT molecular complexity index is 1080. The highest BCUT2D eigenvalue weighted by atomic mass is 35.5. The van der Waals surface area contributed by atoms with E-state index in [0.29, 0.717) is 21.9 Å². The van der Waals surface area contributed by atoms with E-state index in [0.717, 1.165) is 12.1 Å². The summed E-state index contributed by atoms with van der Waals surface area (Å²) in [6.07, 6.45) is -4.07. The smallest absolute Gasteiger partial charge is 0.416 e. The zero-order valence-corrected chi connectivity index (χ0v) is 15.6. The molecule has 3 rings (SSSR count). The van der Waals surface area contributed by atoms with Crippen molar-refractivity contribution in [2.75, 3.05) is 13.7 Å². The maximum Gasteiger partial charge on any atom is 0.416 e. The van der Waals surface area contributed by atoms with Crippen LogP contribution < -0.4 is 10.3 Å². The molecule has 4 nitrogen and oxygen atoms in total. The number of H-pyrrole nitrogens is 1. The van der Waals surface area contributed by atoms with Crippen LogP contribution in [0.1, 0.15) is 17.5 Å². The first kappa shape index (κ1) is 20.2. The van der Waals surface area contributed by atoms with Gasteiger partial charge in [-0.2, -0.15) is 13.2 Å². The number of rotatable bonds is 5. The molecule has 8 heteroatoms. The summed E-state index contributed by atoms with van der Waals surface area (Å²) in [7, 11) is 1.43. The van der Waals surface area contributed by atoms with Gasteiger partial charge in [0.05, 0.1) is 12.7 Å². The number of fused-ring (bicyclic) bond motifs is 1. The van der Waals surface area contributed by atoms with Gasteiger partial charge in [0.15, 0.2) is 0 Å². The third-order valence-electron chi connectivity index (χ3n) is 4.46. The average molecular weight is 412 g/mol. The van der Waals surface area contributed by atoms with Gasteiger partial charge in [0.25, 0.3) is 5.56 Å². The normalized spacial score (nSPS) is 11.8. The lowest BCUT2D eigenvalue weighted by atomic mass is 9.92. The number of ether oxygens (including phenoxy) is 1. The van der Waals surface area contributed by atoms with E-state index in [1.54, 1.807) is 18.2 Å². The molecule has 0 unspecified atom stereocenters. The van der Waals surface area contributed by atoms with Crippen LogP contribution in [0, 0.1) is 0 Å². The molecule has 1 aromatic heterocycles. The average Bonchev–Trinajstić information content (AvgIpc) is 2.64. The van der Waals surface area contributed by atoms with Crippen LogP contribution in [0.25, 0.3) is 22.0 Å².